The first kappa shape index (κ1) is 11.7. The molecule has 1 heterocycles. The van der Waals surface area contributed by atoms with E-state index in [0.717, 1.165) is 17.0 Å². The van der Waals surface area contributed by atoms with Crippen molar-refractivity contribution in [2.45, 2.75) is 32.7 Å². The van der Waals surface area contributed by atoms with Crippen molar-refractivity contribution in [2.75, 3.05) is 5.32 Å². The molecule has 90 valence electrons. The molecule has 3 heteroatoms. The third-order valence-electron chi connectivity index (χ3n) is 2.71. The molecule has 1 atom stereocenters. The standard InChI is InChI=1S/C14H18N2O/c1-3-5-11(2)16-13-7-4-6-12(8-13)14-9-15-10-17-14/h4,6-11,16H,3,5H2,1-2H3. The number of benzene rings is 1. The number of nitrogens with zero attached hydrogens (tertiary/aromatic N) is 1. The molecule has 0 aliphatic carbocycles. The van der Waals surface area contributed by atoms with Gasteiger partial charge in [0.05, 0.1) is 6.20 Å². The van der Waals surface area contributed by atoms with Gasteiger partial charge in [0.25, 0.3) is 0 Å². The minimum Gasteiger partial charge on any atom is -0.444 e. The summed E-state index contributed by atoms with van der Waals surface area (Å²) < 4.78 is 5.29. The van der Waals surface area contributed by atoms with Crippen LogP contribution in [0.25, 0.3) is 11.3 Å². The van der Waals surface area contributed by atoms with Crippen LogP contribution >= 0.6 is 0 Å². The minimum atomic E-state index is 0.491. The lowest BCUT2D eigenvalue weighted by atomic mass is 10.1. The summed E-state index contributed by atoms with van der Waals surface area (Å²) in [6.45, 7) is 4.40. The molecule has 1 N–H and O–H groups in total. The lowest BCUT2D eigenvalue weighted by molar-refractivity contribution is 0.572. The molecule has 1 aromatic heterocycles. The minimum absolute atomic E-state index is 0.491. The maximum absolute atomic E-state index is 5.29. The third-order valence-corrected chi connectivity index (χ3v) is 2.71. The molecule has 0 bridgehead atoms. The van der Waals surface area contributed by atoms with Gasteiger partial charge in [-0.15, -0.1) is 0 Å². The predicted molar refractivity (Wildman–Crippen MR) is 69.9 cm³/mol. The van der Waals surface area contributed by atoms with Crippen LogP contribution in [0.5, 0.6) is 0 Å². The molecule has 17 heavy (non-hydrogen) atoms. The Hall–Kier alpha value is -1.77. The fourth-order valence-corrected chi connectivity index (χ4v) is 1.91. The van der Waals surface area contributed by atoms with Gasteiger partial charge < -0.3 is 9.73 Å². The first-order chi connectivity index (χ1) is 8.29. The second-order valence-corrected chi connectivity index (χ2v) is 4.28. The molecule has 0 aliphatic heterocycles. The molecule has 0 saturated heterocycles. The Kier molecular flexibility index (Phi) is 3.81. The van der Waals surface area contributed by atoms with E-state index in [4.69, 9.17) is 4.42 Å². The molecule has 3 nitrogen and oxygen atoms in total. The molecule has 0 amide bonds. The molecule has 0 fully saturated rings. The van der Waals surface area contributed by atoms with Crippen LogP contribution in [0.3, 0.4) is 0 Å². The zero-order chi connectivity index (χ0) is 12.1. The Morgan fingerprint density at radius 3 is 3.00 bits per heavy atom. The molecule has 0 radical (unpaired) electrons. The molecule has 2 rings (SSSR count). The number of hydrogen-bond donors (Lipinski definition) is 1. The average Bonchev–Trinajstić information content (AvgIpc) is 2.83. The van der Waals surface area contributed by atoms with Gasteiger partial charge in [0.2, 0.25) is 0 Å². The van der Waals surface area contributed by atoms with E-state index in [1.165, 1.54) is 19.2 Å². The van der Waals surface area contributed by atoms with Gasteiger partial charge in [0, 0.05) is 17.3 Å². The highest BCUT2D eigenvalue weighted by Crippen LogP contribution is 2.22. The van der Waals surface area contributed by atoms with Crippen LogP contribution in [-0.4, -0.2) is 11.0 Å². The van der Waals surface area contributed by atoms with E-state index in [1.54, 1.807) is 6.20 Å². The summed E-state index contributed by atoms with van der Waals surface area (Å²) in [7, 11) is 0. The van der Waals surface area contributed by atoms with Gasteiger partial charge in [-0.2, -0.15) is 0 Å². The summed E-state index contributed by atoms with van der Waals surface area (Å²) in [6.07, 6.45) is 5.55. The summed E-state index contributed by atoms with van der Waals surface area (Å²) in [5.74, 6) is 0.803. The number of nitrogens with one attached hydrogen (secondary N) is 1. The first-order valence-corrected chi connectivity index (χ1v) is 6.05. The number of hydrogen-bond acceptors (Lipinski definition) is 3. The van der Waals surface area contributed by atoms with Gasteiger partial charge >= 0.3 is 0 Å². The summed E-state index contributed by atoms with van der Waals surface area (Å²) in [5.41, 5.74) is 2.18. The second kappa shape index (κ2) is 5.53. The first-order valence-electron chi connectivity index (χ1n) is 6.05. The van der Waals surface area contributed by atoms with E-state index in [0.29, 0.717) is 6.04 Å². The number of aromatic nitrogens is 1. The molecule has 1 unspecified atom stereocenters. The quantitative estimate of drug-likeness (QED) is 0.845. The van der Waals surface area contributed by atoms with Gasteiger partial charge in [0.1, 0.15) is 0 Å². The molecular weight excluding hydrogens is 212 g/mol. The zero-order valence-electron chi connectivity index (χ0n) is 10.3. The predicted octanol–water partition coefficient (Wildman–Crippen LogP) is 3.94. The van der Waals surface area contributed by atoms with Crippen LogP contribution in [0.4, 0.5) is 5.69 Å². The van der Waals surface area contributed by atoms with Gasteiger partial charge in [-0.1, -0.05) is 25.5 Å². The van der Waals surface area contributed by atoms with Crippen molar-refractivity contribution in [3.8, 4) is 11.3 Å². The summed E-state index contributed by atoms with van der Waals surface area (Å²) in [5, 5.41) is 3.48. The van der Waals surface area contributed by atoms with Crippen LogP contribution in [0.2, 0.25) is 0 Å². The van der Waals surface area contributed by atoms with E-state index in [9.17, 15) is 0 Å². The fourth-order valence-electron chi connectivity index (χ4n) is 1.91. The molecule has 0 spiro atoms. The van der Waals surface area contributed by atoms with Crippen molar-refractivity contribution < 1.29 is 4.42 Å². The van der Waals surface area contributed by atoms with Crippen molar-refractivity contribution >= 4 is 5.69 Å². The highest BCUT2D eigenvalue weighted by atomic mass is 16.3. The Morgan fingerprint density at radius 2 is 2.29 bits per heavy atom. The Labute approximate surface area is 102 Å². The van der Waals surface area contributed by atoms with E-state index in [-0.39, 0.29) is 0 Å². The topological polar surface area (TPSA) is 38.1 Å². The van der Waals surface area contributed by atoms with Crippen molar-refractivity contribution in [1.29, 1.82) is 0 Å². The van der Waals surface area contributed by atoms with Crippen molar-refractivity contribution in [1.82, 2.24) is 4.98 Å². The molecule has 0 saturated carbocycles. The normalized spacial score (nSPS) is 12.4. The van der Waals surface area contributed by atoms with Crippen LogP contribution in [0.1, 0.15) is 26.7 Å². The van der Waals surface area contributed by atoms with Crippen molar-refractivity contribution in [3.63, 3.8) is 0 Å². The van der Waals surface area contributed by atoms with Gasteiger partial charge in [-0.3, -0.25) is 0 Å². The van der Waals surface area contributed by atoms with Gasteiger partial charge in [-0.25, -0.2) is 4.98 Å². The highest BCUT2D eigenvalue weighted by molar-refractivity contribution is 5.63. The van der Waals surface area contributed by atoms with Crippen LogP contribution < -0.4 is 5.32 Å². The zero-order valence-corrected chi connectivity index (χ0v) is 10.3. The molecule has 1 aromatic carbocycles. The van der Waals surface area contributed by atoms with Crippen LogP contribution in [-0.2, 0) is 0 Å². The van der Waals surface area contributed by atoms with Crippen LogP contribution in [0, 0.1) is 0 Å². The SMILES string of the molecule is CCCC(C)Nc1cccc(-c2cnco2)c1. The third kappa shape index (κ3) is 3.09. The average molecular weight is 230 g/mol. The maximum Gasteiger partial charge on any atom is 0.181 e. The monoisotopic (exact) mass is 230 g/mol. The largest absolute Gasteiger partial charge is 0.444 e. The van der Waals surface area contributed by atoms with Gasteiger partial charge in [-0.05, 0) is 25.5 Å². The van der Waals surface area contributed by atoms with Crippen molar-refractivity contribution in [3.05, 3.63) is 36.9 Å². The van der Waals surface area contributed by atoms with E-state index >= 15 is 0 Å². The summed E-state index contributed by atoms with van der Waals surface area (Å²) in [6, 6.07) is 8.71. The second-order valence-electron chi connectivity index (χ2n) is 4.28. The van der Waals surface area contributed by atoms with E-state index in [1.807, 2.05) is 12.1 Å². The molecular formula is C14H18N2O. The molecule has 2 aromatic rings. The molecule has 0 aliphatic rings. The van der Waals surface area contributed by atoms with Crippen LogP contribution in [0.15, 0.2) is 41.3 Å². The van der Waals surface area contributed by atoms with E-state index in [2.05, 4.69) is 36.3 Å². The number of oxazole rings is 1. The van der Waals surface area contributed by atoms with Crippen molar-refractivity contribution in [2.24, 2.45) is 0 Å². The number of rotatable bonds is 5. The summed E-state index contributed by atoms with van der Waals surface area (Å²) in [4.78, 5) is 3.93. The van der Waals surface area contributed by atoms with E-state index < -0.39 is 0 Å². The lowest BCUT2D eigenvalue weighted by Gasteiger charge is -2.14. The summed E-state index contributed by atoms with van der Waals surface area (Å²) >= 11 is 0. The Balaban J connectivity index is 2.12. The number of anilines is 1. The highest BCUT2D eigenvalue weighted by Gasteiger charge is 2.04. The fraction of sp³-hybridized carbons (Fsp3) is 0.357. The Morgan fingerprint density at radius 1 is 1.41 bits per heavy atom. The smallest absolute Gasteiger partial charge is 0.181 e. The lowest BCUT2D eigenvalue weighted by Crippen LogP contribution is -2.14. The maximum atomic E-state index is 5.29. The Bertz CT molecular complexity index is 451. The van der Waals surface area contributed by atoms with Gasteiger partial charge in [0.15, 0.2) is 12.2 Å².